The highest BCUT2D eigenvalue weighted by atomic mass is 16.5. The van der Waals surface area contributed by atoms with E-state index in [9.17, 15) is 4.79 Å². The minimum Gasteiger partial charge on any atom is -0.461 e. The van der Waals surface area contributed by atoms with Crippen LogP contribution in [0.3, 0.4) is 0 Å². The maximum atomic E-state index is 11.9. The molecule has 0 bridgehead atoms. The van der Waals surface area contributed by atoms with E-state index in [1.165, 1.54) is 32.1 Å². The Bertz CT molecular complexity index is 462. The maximum absolute atomic E-state index is 11.9. The quantitative estimate of drug-likeness (QED) is 0.841. The monoisotopic (exact) mass is 279 g/mol. The minimum atomic E-state index is -0.415. The predicted molar refractivity (Wildman–Crippen MR) is 78.5 cm³/mol. The Balaban J connectivity index is 2.20. The standard InChI is InChI=1S/C15H25N3O2/c1-3-12-17-13(15(19)20-4-2)14(16)18(12)10-11-8-6-5-7-9-11/h11H,3-10,16H2,1-2H3. The Morgan fingerprint density at radius 1 is 1.35 bits per heavy atom. The van der Waals surface area contributed by atoms with Crippen LogP contribution in [0.4, 0.5) is 5.82 Å². The summed E-state index contributed by atoms with van der Waals surface area (Å²) in [4.78, 5) is 16.2. The molecule has 1 heterocycles. The van der Waals surface area contributed by atoms with Gasteiger partial charge in [0.15, 0.2) is 5.69 Å². The Kier molecular flexibility index (Phi) is 5.04. The number of rotatable bonds is 5. The van der Waals surface area contributed by atoms with Crippen LogP contribution in [0.1, 0.15) is 62.3 Å². The van der Waals surface area contributed by atoms with Crippen LogP contribution in [-0.4, -0.2) is 22.1 Å². The first-order valence-corrected chi connectivity index (χ1v) is 7.69. The molecule has 1 aliphatic rings. The number of anilines is 1. The van der Waals surface area contributed by atoms with Crippen LogP contribution in [0.2, 0.25) is 0 Å². The maximum Gasteiger partial charge on any atom is 0.360 e. The number of hydrogen-bond acceptors (Lipinski definition) is 4. The third-order valence-electron chi connectivity index (χ3n) is 4.04. The smallest absolute Gasteiger partial charge is 0.360 e. The minimum absolute atomic E-state index is 0.277. The lowest BCUT2D eigenvalue weighted by Crippen LogP contribution is -2.17. The first kappa shape index (κ1) is 14.9. The summed E-state index contributed by atoms with van der Waals surface area (Å²) in [5.41, 5.74) is 6.41. The summed E-state index contributed by atoms with van der Waals surface area (Å²) in [6.07, 6.45) is 7.20. The zero-order chi connectivity index (χ0) is 14.5. The first-order valence-electron chi connectivity index (χ1n) is 7.69. The largest absolute Gasteiger partial charge is 0.461 e. The number of hydrogen-bond donors (Lipinski definition) is 1. The first-order chi connectivity index (χ1) is 9.67. The molecular weight excluding hydrogens is 254 g/mol. The summed E-state index contributed by atoms with van der Waals surface area (Å²) in [6.45, 7) is 5.04. The predicted octanol–water partition coefficient (Wildman–Crippen LogP) is 2.78. The van der Waals surface area contributed by atoms with Gasteiger partial charge in [0.05, 0.1) is 6.61 Å². The molecule has 1 saturated carbocycles. The van der Waals surface area contributed by atoms with E-state index in [1.54, 1.807) is 6.92 Å². The number of nitrogens with two attached hydrogens (primary N) is 1. The molecule has 0 aromatic carbocycles. The molecule has 0 aliphatic heterocycles. The molecule has 1 aliphatic carbocycles. The number of imidazole rings is 1. The lowest BCUT2D eigenvalue weighted by molar-refractivity contribution is 0.0521. The van der Waals surface area contributed by atoms with Gasteiger partial charge in [-0.15, -0.1) is 0 Å². The van der Waals surface area contributed by atoms with Crippen LogP contribution in [0.15, 0.2) is 0 Å². The molecule has 0 amide bonds. The van der Waals surface area contributed by atoms with E-state index < -0.39 is 5.97 Å². The number of aromatic nitrogens is 2. The second-order valence-corrected chi connectivity index (χ2v) is 5.45. The van der Waals surface area contributed by atoms with Crippen LogP contribution in [0.5, 0.6) is 0 Å². The molecule has 20 heavy (non-hydrogen) atoms. The molecule has 0 saturated heterocycles. The van der Waals surface area contributed by atoms with E-state index in [4.69, 9.17) is 10.5 Å². The highest BCUT2D eigenvalue weighted by Gasteiger charge is 2.23. The molecular formula is C15H25N3O2. The fourth-order valence-corrected chi connectivity index (χ4v) is 2.96. The average molecular weight is 279 g/mol. The van der Waals surface area contributed by atoms with E-state index in [-0.39, 0.29) is 5.69 Å². The molecule has 0 atom stereocenters. The lowest BCUT2D eigenvalue weighted by atomic mass is 9.89. The Labute approximate surface area is 120 Å². The van der Waals surface area contributed by atoms with E-state index in [2.05, 4.69) is 4.98 Å². The zero-order valence-electron chi connectivity index (χ0n) is 12.5. The summed E-state index contributed by atoms with van der Waals surface area (Å²) in [7, 11) is 0. The van der Waals surface area contributed by atoms with Gasteiger partial charge < -0.3 is 15.0 Å². The molecule has 2 N–H and O–H groups in total. The molecule has 5 nitrogen and oxygen atoms in total. The van der Waals surface area contributed by atoms with Gasteiger partial charge in [-0.25, -0.2) is 9.78 Å². The van der Waals surface area contributed by atoms with Gasteiger partial charge in [-0.2, -0.15) is 0 Å². The number of carbonyl (C=O) groups excluding carboxylic acids is 1. The fraction of sp³-hybridized carbons (Fsp3) is 0.733. The van der Waals surface area contributed by atoms with Crippen molar-refractivity contribution >= 4 is 11.8 Å². The molecule has 1 aromatic heterocycles. The Hall–Kier alpha value is -1.52. The summed E-state index contributed by atoms with van der Waals surface area (Å²) >= 11 is 0. The summed E-state index contributed by atoms with van der Waals surface area (Å²) in [5.74, 6) is 1.59. The highest BCUT2D eigenvalue weighted by molar-refractivity contribution is 5.92. The zero-order valence-corrected chi connectivity index (χ0v) is 12.5. The molecule has 0 spiro atoms. The van der Waals surface area contributed by atoms with Gasteiger partial charge in [0.25, 0.3) is 0 Å². The van der Waals surface area contributed by atoms with E-state index in [0.29, 0.717) is 18.3 Å². The SMILES string of the molecule is CCOC(=O)c1nc(CC)n(CC2CCCCC2)c1N. The van der Waals surface area contributed by atoms with Gasteiger partial charge in [-0.05, 0) is 25.7 Å². The molecule has 5 heteroatoms. The van der Waals surface area contributed by atoms with Gasteiger partial charge >= 0.3 is 5.97 Å². The number of carbonyl (C=O) groups is 1. The van der Waals surface area contributed by atoms with Crippen molar-refractivity contribution in [2.45, 2.75) is 58.9 Å². The Morgan fingerprint density at radius 3 is 2.65 bits per heavy atom. The fourth-order valence-electron chi connectivity index (χ4n) is 2.96. The molecule has 1 aromatic rings. The molecule has 0 unspecified atom stereocenters. The molecule has 1 fully saturated rings. The number of esters is 1. The van der Waals surface area contributed by atoms with Gasteiger partial charge in [0.2, 0.25) is 0 Å². The topological polar surface area (TPSA) is 70.1 Å². The third kappa shape index (κ3) is 3.14. The summed E-state index contributed by atoms with van der Waals surface area (Å²) in [5, 5.41) is 0. The number of aryl methyl sites for hydroxylation is 1. The molecule has 2 rings (SSSR count). The third-order valence-corrected chi connectivity index (χ3v) is 4.04. The normalized spacial score (nSPS) is 16.3. The van der Waals surface area contributed by atoms with Crippen LogP contribution in [0, 0.1) is 5.92 Å². The van der Waals surface area contributed by atoms with Gasteiger partial charge in [-0.3, -0.25) is 0 Å². The number of nitrogen functional groups attached to an aromatic ring is 1. The van der Waals surface area contributed by atoms with Crippen molar-refractivity contribution in [3.05, 3.63) is 11.5 Å². The molecule has 0 radical (unpaired) electrons. The van der Waals surface area contributed by atoms with Crippen molar-refractivity contribution in [2.24, 2.45) is 5.92 Å². The average Bonchev–Trinajstić information content (AvgIpc) is 2.77. The van der Waals surface area contributed by atoms with Crippen molar-refractivity contribution in [2.75, 3.05) is 12.3 Å². The van der Waals surface area contributed by atoms with Crippen LogP contribution in [0.25, 0.3) is 0 Å². The van der Waals surface area contributed by atoms with Crippen molar-refractivity contribution in [1.29, 1.82) is 0 Å². The van der Waals surface area contributed by atoms with Crippen LogP contribution in [-0.2, 0) is 17.7 Å². The van der Waals surface area contributed by atoms with E-state index in [1.807, 2.05) is 11.5 Å². The lowest BCUT2D eigenvalue weighted by Gasteiger charge is -2.23. The van der Waals surface area contributed by atoms with Crippen molar-refractivity contribution in [3.8, 4) is 0 Å². The summed E-state index contributed by atoms with van der Waals surface area (Å²) in [6, 6.07) is 0. The van der Waals surface area contributed by atoms with Crippen LogP contribution >= 0.6 is 0 Å². The summed E-state index contributed by atoms with van der Waals surface area (Å²) < 4.78 is 7.03. The van der Waals surface area contributed by atoms with Gasteiger partial charge in [0.1, 0.15) is 11.6 Å². The highest BCUT2D eigenvalue weighted by Crippen LogP contribution is 2.27. The number of ether oxygens (including phenoxy) is 1. The van der Waals surface area contributed by atoms with Gasteiger partial charge in [-0.1, -0.05) is 26.2 Å². The van der Waals surface area contributed by atoms with Crippen LogP contribution < -0.4 is 5.73 Å². The van der Waals surface area contributed by atoms with E-state index in [0.717, 1.165) is 18.8 Å². The Morgan fingerprint density at radius 2 is 2.05 bits per heavy atom. The van der Waals surface area contributed by atoms with Crippen molar-refractivity contribution in [1.82, 2.24) is 9.55 Å². The van der Waals surface area contributed by atoms with Crippen molar-refractivity contribution < 1.29 is 9.53 Å². The second-order valence-electron chi connectivity index (χ2n) is 5.45. The second kappa shape index (κ2) is 6.77. The van der Waals surface area contributed by atoms with E-state index >= 15 is 0 Å². The number of nitrogens with zero attached hydrogens (tertiary/aromatic N) is 2. The molecule has 112 valence electrons. The van der Waals surface area contributed by atoms with Crippen molar-refractivity contribution in [3.63, 3.8) is 0 Å². The van der Waals surface area contributed by atoms with Gasteiger partial charge in [0, 0.05) is 13.0 Å².